The highest BCUT2D eigenvalue weighted by molar-refractivity contribution is 6.03. The zero-order valence-electron chi connectivity index (χ0n) is 34.4. The van der Waals surface area contributed by atoms with Crippen LogP contribution in [0.3, 0.4) is 0 Å². The predicted molar refractivity (Wildman–Crippen MR) is 230 cm³/mol. The molecule has 5 aromatic rings. The summed E-state index contributed by atoms with van der Waals surface area (Å²) >= 11 is 0. The molecular formula is C44H54N10O5. The second-order valence-corrected chi connectivity index (χ2v) is 16.1. The largest absolute Gasteiger partial charge is 0.478 e. The number of piperazine rings is 1. The number of rotatable bonds is 12. The summed E-state index contributed by atoms with van der Waals surface area (Å²) in [7, 11) is 5.18. The molecule has 1 unspecified atom stereocenters. The van der Waals surface area contributed by atoms with Gasteiger partial charge in [-0.1, -0.05) is 25.5 Å². The van der Waals surface area contributed by atoms with Crippen LogP contribution in [0.15, 0.2) is 59.5 Å². The maximum atomic E-state index is 12.9. The van der Waals surface area contributed by atoms with Gasteiger partial charge in [0, 0.05) is 108 Å². The molecule has 3 amide bonds. The van der Waals surface area contributed by atoms with Crippen LogP contribution in [0.2, 0.25) is 0 Å². The quantitative estimate of drug-likeness (QED) is 0.155. The normalized spacial score (nSPS) is 18.1. The first-order chi connectivity index (χ1) is 28.6. The molecule has 2 aromatic carbocycles. The second kappa shape index (κ2) is 17.1. The number of carbonyl (C=O) groups is 3. The number of anilines is 4. The van der Waals surface area contributed by atoms with E-state index in [1.54, 1.807) is 17.7 Å². The number of nitrogens with one attached hydrogen (secondary N) is 3. The van der Waals surface area contributed by atoms with E-state index in [0.717, 1.165) is 127 Å². The van der Waals surface area contributed by atoms with Gasteiger partial charge in [-0.3, -0.25) is 34.1 Å². The molecule has 3 saturated heterocycles. The van der Waals surface area contributed by atoms with Gasteiger partial charge in [-0.2, -0.15) is 5.10 Å². The van der Waals surface area contributed by atoms with Crippen LogP contribution in [0.25, 0.3) is 21.8 Å². The number of aryl methyl sites for hydroxylation is 3. The fourth-order valence-corrected chi connectivity index (χ4v) is 8.93. The third kappa shape index (κ3) is 8.33. The van der Waals surface area contributed by atoms with Crippen molar-refractivity contribution in [2.24, 2.45) is 20.0 Å². The summed E-state index contributed by atoms with van der Waals surface area (Å²) in [5.74, 6) is 0.515. The van der Waals surface area contributed by atoms with E-state index in [2.05, 4.69) is 55.8 Å². The Labute approximate surface area is 343 Å². The second-order valence-electron chi connectivity index (χ2n) is 16.1. The van der Waals surface area contributed by atoms with E-state index in [1.165, 1.54) is 7.05 Å². The molecule has 310 valence electrons. The minimum atomic E-state index is -0.414. The number of hydrogen-bond acceptors (Lipinski definition) is 11. The molecule has 59 heavy (non-hydrogen) atoms. The van der Waals surface area contributed by atoms with Gasteiger partial charge in [0.25, 0.3) is 11.5 Å². The van der Waals surface area contributed by atoms with Gasteiger partial charge < -0.3 is 29.7 Å². The number of likely N-dealkylation sites (N-methyl/N-ethyl adjacent to an activating group) is 1. The number of piperidine rings is 2. The summed E-state index contributed by atoms with van der Waals surface area (Å²) in [5, 5.41) is 15.3. The Morgan fingerprint density at radius 2 is 1.75 bits per heavy atom. The Hall–Kier alpha value is -5.96. The molecule has 15 heteroatoms. The van der Waals surface area contributed by atoms with Crippen molar-refractivity contribution in [3.05, 3.63) is 76.3 Å². The van der Waals surface area contributed by atoms with Gasteiger partial charge in [-0.25, -0.2) is 4.98 Å². The summed E-state index contributed by atoms with van der Waals surface area (Å²) in [6, 6.07) is 16.0. The van der Waals surface area contributed by atoms with Crippen molar-refractivity contribution < 1.29 is 19.1 Å². The van der Waals surface area contributed by atoms with Crippen molar-refractivity contribution in [3.63, 3.8) is 0 Å². The fourth-order valence-electron chi connectivity index (χ4n) is 8.93. The standard InChI is InChI=1S/C44H54N10O5/c1-5-7-29-25-46-38(24-34(29)47-31-10-12-35-30(22-31)23-37(44(58)50(35)3)59-27-40(56)45-2)54-20-18-52(19-21-54)26-28-14-16-53(17-15-28)36-9-6-8-32-41(49-51(4)42(32)36)33-11-13-39(55)48-43(33)57/h6,8-10,12,22-25,28,33H,5,7,11,13-21,26-27H2,1-4H3,(H,45,56)(H,46,47)(H,48,55,57). The maximum absolute atomic E-state index is 12.9. The SMILES string of the molecule is CCCc1cnc(N2CCN(CC3CCN(c4cccc5c(C6CCC(=O)NC6=O)nn(C)c45)CC3)CC2)cc1Nc1ccc2c(c1)cc(OCC(=O)NC)c(=O)n2C. The Balaban J connectivity index is 0.886. The Kier molecular flexibility index (Phi) is 11.5. The summed E-state index contributed by atoms with van der Waals surface area (Å²) in [4.78, 5) is 61.5. The first kappa shape index (κ1) is 39.8. The molecule has 3 fully saturated rings. The Morgan fingerprint density at radius 1 is 0.949 bits per heavy atom. The van der Waals surface area contributed by atoms with Crippen molar-refractivity contribution in [1.82, 2.24) is 34.9 Å². The van der Waals surface area contributed by atoms with Gasteiger partial charge in [-0.05, 0) is 67.5 Å². The number of imide groups is 1. The van der Waals surface area contributed by atoms with Crippen LogP contribution in [-0.2, 0) is 34.9 Å². The maximum Gasteiger partial charge on any atom is 0.293 e. The first-order valence-electron chi connectivity index (χ1n) is 20.8. The van der Waals surface area contributed by atoms with Gasteiger partial charge >= 0.3 is 0 Å². The average molecular weight is 803 g/mol. The van der Waals surface area contributed by atoms with Gasteiger partial charge in [0.2, 0.25) is 11.8 Å². The van der Waals surface area contributed by atoms with Crippen molar-refractivity contribution in [2.75, 3.05) is 74.6 Å². The predicted octanol–water partition coefficient (Wildman–Crippen LogP) is 4.20. The topological polar surface area (TPSA) is 159 Å². The fraction of sp³-hybridized carbons (Fsp3) is 0.455. The van der Waals surface area contributed by atoms with Crippen LogP contribution in [0.5, 0.6) is 5.75 Å². The van der Waals surface area contributed by atoms with E-state index in [9.17, 15) is 19.2 Å². The minimum Gasteiger partial charge on any atom is -0.478 e. The van der Waals surface area contributed by atoms with Crippen LogP contribution in [-0.4, -0.2) is 101 Å². The highest BCUT2D eigenvalue weighted by atomic mass is 16.5. The van der Waals surface area contributed by atoms with E-state index in [-0.39, 0.29) is 35.6 Å². The number of nitrogens with zero attached hydrogens (tertiary/aromatic N) is 7. The lowest BCUT2D eigenvalue weighted by molar-refractivity contribution is -0.134. The highest BCUT2D eigenvalue weighted by Crippen LogP contribution is 2.36. The Morgan fingerprint density at radius 3 is 2.49 bits per heavy atom. The minimum absolute atomic E-state index is 0.130. The van der Waals surface area contributed by atoms with Crippen molar-refractivity contribution >= 4 is 62.4 Å². The number of fused-ring (bicyclic) bond motifs is 2. The van der Waals surface area contributed by atoms with Gasteiger partial charge in [0.1, 0.15) is 5.82 Å². The molecule has 15 nitrogen and oxygen atoms in total. The van der Waals surface area contributed by atoms with Crippen LogP contribution in [0.1, 0.15) is 56.2 Å². The number of aromatic nitrogens is 4. The number of carbonyl (C=O) groups excluding carboxylic acids is 3. The van der Waals surface area contributed by atoms with Crippen LogP contribution >= 0.6 is 0 Å². The lowest BCUT2D eigenvalue weighted by atomic mass is 9.92. The van der Waals surface area contributed by atoms with Gasteiger partial charge in [0.15, 0.2) is 12.4 Å². The smallest absolute Gasteiger partial charge is 0.293 e. The third-order valence-corrected chi connectivity index (χ3v) is 12.2. The summed E-state index contributed by atoms with van der Waals surface area (Å²) in [6.07, 6.45) is 6.92. The van der Waals surface area contributed by atoms with Gasteiger partial charge in [0.05, 0.1) is 28.3 Å². The van der Waals surface area contributed by atoms with Crippen LogP contribution in [0, 0.1) is 5.92 Å². The molecule has 0 saturated carbocycles. The molecule has 3 N–H and O–H groups in total. The number of para-hydroxylation sites is 1. The summed E-state index contributed by atoms with van der Waals surface area (Å²) in [5.41, 5.74) is 6.46. The van der Waals surface area contributed by atoms with E-state index in [4.69, 9.17) is 14.8 Å². The molecule has 3 aliphatic rings. The average Bonchev–Trinajstić information content (AvgIpc) is 3.58. The molecule has 3 aliphatic heterocycles. The number of benzene rings is 2. The lowest BCUT2D eigenvalue weighted by Gasteiger charge is -2.40. The molecule has 1 atom stereocenters. The van der Waals surface area contributed by atoms with E-state index >= 15 is 0 Å². The third-order valence-electron chi connectivity index (χ3n) is 12.2. The summed E-state index contributed by atoms with van der Waals surface area (Å²) in [6.45, 7) is 8.71. The molecule has 0 spiro atoms. The monoisotopic (exact) mass is 802 g/mol. The summed E-state index contributed by atoms with van der Waals surface area (Å²) < 4.78 is 9.02. The van der Waals surface area contributed by atoms with Crippen molar-refractivity contribution in [1.29, 1.82) is 0 Å². The number of ether oxygens (including phenoxy) is 1. The molecule has 8 rings (SSSR count). The van der Waals surface area contributed by atoms with E-state index < -0.39 is 5.92 Å². The van der Waals surface area contributed by atoms with E-state index in [1.807, 2.05) is 42.2 Å². The molecule has 0 radical (unpaired) electrons. The molecule has 6 heterocycles. The van der Waals surface area contributed by atoms with Crippen LogP contribution in [0.4, 0.5) is 22.9 Å². The zero-order valence-corrected chi connectivity index (χ0v) is 34.4. The number of pyridine rings is 2. The lowest BCUT2D eigenvalue weighted by Crippen LogP contribution is -2.49. The first-order valence-corrected chi connectivity index (χ1v) is 20.8. The van der Waals surface area contributed by atoms with Crippen molar-refractivity contribution in [3.8, 4) is 5.75 Å². The number of hydrogen-bond donors (Lipinski definition) is 3. The zero-order chi connectivity index (χ0) is 41.2. The van der Waals surface area contributed by atoms with E-state index in [0.29, 0.717) is 18.8 Å². The molecular weight excluding hydrogens is 749 g/mol. The highest BCUT2D eigenvalue weighted by Gasteiger charge is 2.33. The number of amides is 3. The Bertz CT molecular complexity index is 2440. The molecule has 3 aromatic heterocycles. The molecule has 0 aliphatic carbocycles. The van der Waals surface area contributed by atoms with Crippen molar-refractivity contribution in [2.45, 2.75) is 51.4 Å². The van der Waals surface area contributed by atoms with Crippen LogP contribution < -0.4 is 36.0 Å². The van der Waals surface area contributed by atoms with Gasteiger partial charge in [-0.15, -0.1) is 0 Å². The molecule has 0 bridgehead atoms.